The van der Waals surface area contributed by atoms with Crippen molar-refractivity contribution < 1.29 is 0 Å². The van der Waals surface area contributed by atoms with Crippen LogP contribution in [0.5, 0.6) is 0 Å². The molecule has 0 unspecified atom stereocenters. The first kappa shape index (κ1) is 30.9. The Morgan fingerprint density at radius 1 is 0.554 bits per heavy atom. The van der Waals surface area contributed by atoms with E-state index in [4.69, 9.17) is 9.97 Å². The second-order valence-corrected chi connectivity index (χ2v) is 17.0. The number of hydrogen-bond acceptors (Lipinski definition) is 3. The lowest BCUT2D eigenvalue weighted by atomic mass is 9.67. The Hall–Kier alpha value is -6.36. The maximum absolute atomic E-state index is 5.75. The lowest BCUT2D eigenvalue weighted by molar-refractivity contribution is 0.354. The van der Waals surface area contributed by atoms with Gasteiger partial charge in [-0.1, -0.05) is 153 Å². The number of aromatic nitrogens is 3. The molecule has 0 saturated heterocycles. The van der Waals surface area contributed by atoms with Crippen LogP contribution < -0.4 is 0 Å². The van der Waals surface area contributed by atoms with Gasteiger partial charge >= 0.3 is 0 Å². The van der Waals surface area contributed by atoms with Gasteiger partial charge in [-0.15, -0.1) is 11.3 Å². The largest absolute Gasteiger partial charge is 0.278 e. The third-order valence-corrected chi connectivity index (χ3v) is 14.3. The molecule has 2 aliphatic rings. The van der Waals surface area contributed by atoms with E-state index in [1.807, 2.05) is 0 Å². The van der Waals surface area contributed by atoms with E-state index in [1.165, 1.54) is 100 Å². The number of thiophene rings is 1. The van der Waals surface area contributed by atoms with Crippen LogP contribution in [0.3, 0.4) is 0 Å². The molecule has 0 atom stereocenters. The van der Waals surface area contributed by atoms with Crippen LogP contribution in [0.4, 0.5) is 0 Å². The fourth-order valence-corrected chi connectivity index (χ4v) is 12.0. The molecule has 0 bridgehead atoms. The summed E-state index contributed by atoms with van der Waals surface area (Å²) in [6.07, 6.45) is 6.01. The number of fused-ring (bicyclic) bond motifs is 18. The highest BCUT2D eigenvalue weighted by molar-refractivity contribution is 7.26. The van der Waals surface area contributed by atoms with Crippen LogP contribution in [-0.2, 0) is 5.41 Å². The number of nitrogens with zero attached hydrogens (tertiary/aromatic N) is 3. The smallest absolute Gasteiger partial charge is 0.235 e. The van der Waals surface area contributed by atoms with Gasteiger partial charge in [0.25, 0.3) is 0 Å². The van der Waals surface area contributed by atoms with Gasteiger partial charge in [0, 0.05) is 31.8 Å². The Bertz CT molecular complexity index is 3470. The average Bonchev–Trinajstić information content (AvgIpc) is 3.90. The minimum absolute atomic E-state index is 0.0885. The predicted octanol–water partition coefficient (Wildman–Crippen LogP) is 14.3. The molecule has 2 aliphatic carbocycles. The maximum Gasteiger partial charge on any atom is 0.235 e. The Labute approximate surface area is 327 Å². The average molecular weight is 734 g/mol. The van der Waals surface area contributed by atoms with Crippen molar-refractivity contribution in [3.63, 3.8) is 0 Å². The zero-order chi connectivity index (χ0) is 36.5. The fraction of sp³-hybridized carbons (Fsp3) is 0.115. The molecule has 1 spiro atoms. The first-order valence-corrected chi connectivity index (χ1v) is 20.8. The van der Waals surface area contributed by atoms with Crippen LogP contribution in [-0.4, -0.2) is 14.5 Å². The Morgan fingerprint density at radius 3 is 2.12 bits per heavy atom. The zero-order valence-electron chi connectivity index (χ0n) is 30.7. The Balaban J connectivity index is 1.27. The van der Waals surface area contributed by atoms with Gasteiger partial charge in [-0.25, -0.2) is 9.97 Å². The molecule has 264 valence electrons. The van der Waals surface area contributed by atoms with Gasteiger partial charge in [-0.2, -0.15) is 0 Å². The van der Waals surface area contributed by atoms with Crippen molar-refractivity contribution >= 4 is 85.8 Å². The van der Waals surface area contributed by atoms with Crippen molar-refractivity contribution in [2.24, 2.45) is 0 Å². The van der Waals surface area contributed by atoms with Crippen LogP contribution in [0.2, 0.25) is 0 Å². The van der Waals surface area contributed by atoms with E-state index in [1.54, 1.807) is 11.3 Å². The van der Waals surface area contributed by atoms with E-state index in [0.29, 0.717) is 0 Å². The number of hydrogen-bond donors (Lipinski definition) is 0. The minimum atomic E-state index is -0.0885. The van der Waals surface area contributed by atoms with Crippen molar-refractivity contribution in [1.82, 2.24) is 14.5 Å². The van der Waals surface area contributed by atoms with Gasteiger partial charge in [0.1, 0.15) is 0 Å². The summed E-state index contributed by atoms with van der Waals surface area (Å²) >= 11 is 1.80. The summed E-state index contributed by atoms with van der Waals surface area (Å²) in [7, 11) is 0. The summed E-state index contributed by atoms with van der Waals surface area (Å²) in [6.45, 7) is 0. The molecule has 1 saturated carbocycles. The van der Waals surface area contributed by atoms with Crippen LogP contribution in [0.1, 0.15) is 43.2 Å². The summed E-state index contributed by atoms with van der Waals surface area (Å²) in [6, 6.07) is 56.2. The van der Waals surface area contributed by atoms with E-state index in [-0.39, 0.29) is 5.41 Å². The second kappa shape index (κ2) is 11.3. The van der Waals surface area contributed by atoms with Gasteiger partial charge in [-0.3, -0.25) is 4.57 Å². The second-order valence-electron chi connectivity index (χ2n) is 15.9. The molecule has 3 heterocycles. The topological polar surface area (TPSA) is 30.7 Å². The first-order chi connectivity index (χ1) is 27.8. The van der Waals surface area contributed by atoms with Crippen LogP contribution >= 0.6 is 11.3 Å². The SMILES string of the molecule is c1ccc2c(c1)-c1c(c3c(c4ccccc14)c1c4ccccc4ccc1n3-c1nc(-c3ccc4ccccc4c3)c3sc4ccccc4c3n1)C21CCCCC1. The zero-order valence-corrected chi connectivity index (χ0v) is 31.5. The number of benzene rings is 8. The molecule has 4 heteroatoms. The fourth-order valence-electron chi connectivity index (χ4n) is 10.8. The van der Waals surface area contributed by atoms with E-state index >= 15 is 0 Å². The summed E-state index contributed by atoms with van der Waals surface area (Å²) in [4.78, 5) is 11.4. The highest BCUT2D eigenvalue weighted by Crippen LogP contribution is 2.61. The minimum Gasteiger partial charge on any atom is -0.278 e. The molecular formula is C52H35N3S. The first-order valence-electron chi connectivity index (χ1n) is 20.0. The van der Waals surface area contributed by atoms with Crippen molar-refractivity contribution in [3.8, 4) is 28.3 Å². The monoisotopic (exact) mass is 733 g/mol. The molecule has 56 heavy (non-hydrogen) atoms. The van der Waals surface area contributed by atoms with Crippen molar-refractivity contribution in [2.75, 3.05) is 0 Å². The molecule has 0 amide bonds. The molecule has 3 aromatic heterocycles. The van der Waals surface area contributed by atoms with Gasteiger partial charge in [0.15, 0.2) is 0 Å². The quantitative estimate of drug-likeness (QED) is 0.177. The summed E-state index contributed by atoms with van der Waals surface area (Å²) in [5, 5.41) is 11.4. The highest BCUT2D eigenvalue weighted by Gasteiger charge is 2.47. The van der Waals surface area contributed by atoms with Crippen molar-refractivity contribution in [2.45, 2.75) is 37.5 Å². The highest BCUT2D eigenvalue weighted by atomic mass is 32.1. The maximum atomic E-state index is 5.75. The summed E-state index contributed by atoms with van der Waals surface area (Å²) < 4.78 is 4.84. The molecule has 8 aromatic carbocycles. The molecule has 0 N–H and O–H groups in total. The van der Waals surface area contributed by atoms with Gasteiger partial charge < -0.3 is 0 Å². The normalized spacial score (nSPS) is 14.9. The molecule has 3 nitrogen and oxygen atoms in total. The third-order valence-electron chi connectivity index (χ3n) is 13.1. The number of rotatable bonds is 2. The van der Waals surface area contributed by atoms with Gasteiger partial charge in [0.2, 0.25) is 5.95 Å². The standard InChI is InChI=1S/C52H35N3S/c1-12-28-52(29-13-1)40-22-10-8-20-38(40)43-36-18-6-7-19-37(36)45-44-35-17-5-4-15-32(35)26-27-41(44)55(49(45)46(43)52)51-53-47(34-25-24-31-14-2-3-16-33(31)30-34)50-48(54-51)39-21-9-11-23-42(39)56-50/h2-11,14-27,30H,1,12-13,28-29H2. The predicted molar refractivity (Wildman–Crippen MR) is 237 cm³/mol. The Morgan fingerprint density at radius 2 is 1.25 bits per heavy atom. The van der Waals surface area contributed by atoms with Gasteiger partial charge in [-0.05, 0) is 85.6 Å². The van der Waals surface area contributed by atoms with Gasteiger partial charge in [0.05, 0.1) is 26.9 Å². The lowest BCUT2D eigenvalue weighted by Gasteiger charge is -2.36. The Kier molecular flexibility index (Phi) is 6.26. The molecular weight excluding hydrogens is 699 g/mol. The van der Waals surface area contributed by atoms with E-state index in [2.05, 4.69) is 156 Å². The van der Waals surface area contributed by atoms with E-state index in [9.17, 15) is 0 Å². The van der Waals surface area contributed by atoms with Crippen molar-refractivity contribution in [3.05, 3.63) is 163 Å². The molecule has 1 fully saturated rings. The van der Waals surface area contributed by atoms with E-state index in [0.717, 1.165) is 45.8 Å². The summed E-state index contributed by atoms with van der Waals surface area (Å²) in [5.41, 5.74) is 11.2. The van der Waals surface area contributed by atoms with Crippen LogP contribution in [0, 0.1) is 0 Å². The molecule has 0 radical (unpaired) electrons. The van der Waals surface area contributed by atoms with E-state index < -0.39 is 0 Å². The molecule has 13 rings (SSSR count). The third kappa shape index (κ3) is 4.02. The summed E-state index contributed by atoms with van der Waals surface area (Å²) in [5.74, 6) is 0.735. The van der Waals surface area contributed by atoms with Crippen LogP contribution in [0.25, 0.3) is 103 Å². The van der Waals surface area contributed by atoms with Crippen LogP contribution in [0.15, 0.2) is 152 Å². The van der Waals surface area contributed by atoms with Crippen molar-refractivity contribution in [1.29, 1.82) is 0 Å². The molecule has 11 aromatic rings. The lowest BCUT2D eigenvalue weighted by Crippen LogP contribution is -2.28. The molecule has 0 aliphatic heterocycles.